The van der Waals surface area contributed by atoms with Gasteiger partial charge in [-0.05, 0) is 18.2 Å². The minimum absolute atomic E-state index is 0.0716. The number of aliphatic carboxylic acids is 1. The Bertz CT molecular complexity index is 877. The van der Waals surface area contributed by atoms with E-state index >= 15 is 0 Å². The Kier molecular flexibility index (Phi) is 4.83. The van der Waals surface area contributed by atoms with Gasteiger partial charge >= 0.3 is 5.97 Å². The number of carbonyl (C=O) groups is 1. The lowest BCUT2D eigenvalue weighted by Gasteiger charge is -2.06. The van der Waals surface area contributed by atoms with Crippen LogP contribution in [0, 0.1) is 0 Å². The molecule has 24 heavy (non-hydrogen) atoms. The Morgan fingerprint density at radius 2 is 2.00 bits per heavy atom. The quantitative estimate of drug-likeness (QED) is 0.713. The van der Waals surface area contributed by atoms with Gasteiger partial charge < -0.3 is 9.84 Å². The predicted octanol–water partition coefficient (Wildman–Crippen LogP) is 4.77. The van der Waals surface area contributed by atoms with Crippen LogP contribution >= 0.6 is 22.9 Å². The highest BCUT2D eigenvalue weighted by Gasteiger charge is 2.18. The van der Waals surface area contributed by atoms with E-state index in [0.29, 0.717) is 26.4 Å². The molecule has 0 saturated heterocycles. The fourth-order valence-corrected chi connectivity index (χ4v) is 3.65. The molecular formula is C18H14ClNO3S. The van der Waals surface area contributed by atoms with Crippen molar-refractivity contribution in [1.82, 2.24) is 4.98 Å². The second-order valence-corrected chi connectivity index (χ2v) is 6.59. The molecule has 3 aromatic rings. The average Bonchev–Trinajstić information content (AvgIpc) is 2.98. The number of hydrogen-bond donors (Lipinski definition) is 1. The van der Waals surface area contributed by atoms with Gasteiger partial charge in [0, 0.05) is 15.5 Å². The lowest BCUT2D eigenvalue weighted by molar-refractivity contribution is -0.136. The summed E-state index contributed by atoms with van der Waals surface area (Å²) in [5.74, 6) is -0.275. The van der Waals surface area contributed by atoms with E-state index in [1.807, 2.05) is 36.4 Å². The van der Waals surface area contributed by atoms with Crippen molar-refractivity contribution in [3.63, 3.8) is 0 Å². The number of ether oxygens (including phenoxy) is 1. The van der Waals surface area contributed by atoms with Gasteiger partial charge in [0.2, 0.25) is 0 Å². The first kappa shape index (κ1) is 16.5. The summed E-state index contributed by atoms with van der Waals surface area (Å²) in [6.45, 7) is 0. The Labute approximate surface area is 148 Å². The number of aromatic nitrogens is 1. The minimum atomic E-state index is -0.884. The van der Waals surface area contributed by atoms with Crippen LogP contribution in [0.25, 0.3) is 21.8 Å². The summed E-state index contributed by atoms with van der Waals surface area (Å²) >= 11 is 7.37. The van der Waals surface area contributed by atoms with Gasteiger partial charge in [0.1, 0.15) is 10.8 Å². The maximum atomic E-state index is 11.2. The van der Waals surface area contributed by atoms with Crippen molar-refractivity contribution in [1.29, 1.82) is 0 Å². The molecule has 122 valence electrons. The van der Waals surface area contributed by atoms with E-state index in [1.165, 1.54) is 11.3 Å². The third-order valence-electron chi connectivity index (χ3n) is 3.45. The fraction of sp³-hybridized carbons (Fsp3) is 0.111. The van der Waals surface area contributed by atoms with Crippen molar-refractivity contribution in [3.05, 3.63) is 58.4 Å². The van der Waals surface area contributed by atoms with Gasteiger partial charge in [-0.3, -0.25) is 4.79 Å². The molecule has 6 heteroatoms. The smallest absolute Gasteiger partial charge is 0.308 e. The van der Waals surface area contributed by atoms with Gasteiger partial charge in [-0.1, -0.05) is 41.9 Å². The van der Waals surface area contributed by atoms with Crippen LogP contribution in [0.3, 0.4) is 0 Å². The highest BCUT2D eigenvalue weighted by atomic mass is 35.5. The van der Waals surface area contributed by atoms with Gasteiger partial charge in [-0.25, -0.2) is 4.98 Å². The van der Waals surface area contributed by atoms with Gasteiger partial charge in [0.25, 0.3) is 0 Å². The largest absolute Gasteiger partial charge is 0.496 e. The molecule has 0 amide bonds. The summed E-state index contributed by atoms with van der Waals surface area (Å²) in [4.78, 5) is 16.6. The van der Waals surface area contributed by atoms with E-state index < -0.39 is 5.97 Å². The fourth-order valence-electron chi connectivity index (χ4n) is 2.39. The van der Waals surface area contributed by atoms with Crippen LogP contribution in [0.15, 0.2) is 48.5 Å². The molecule has 0 aliphatic rings. The first-order chi connectivity index (χ1) is 11.6. The van der Waals surface area contributed by atoms with Gasteiger partial charge in [0.15, 0.2) is 0 Å². The first-order valence-corrected chi connectivity index (χ1v) is 8.38. The average molecular weight is 360 g/mol. The lowest BCUT2D eigenvalue weighted by Crippen LogP contribution is -1.99. The zero-order valence-corrected chi connectivity index (χ0v) is 14.4. The molecule has 2 aromatic carbocycles. The second kappa shape index (κ2) is 7.03. The molecule has 0 unspecified atom stereocenters. The topological polar surface area (TPSA) is 59.4 Å². The van der Waals surface area contributed by atoms with Crippen molar-refractivity contribution >= 4 is 28.9 Å². The molecule has 0 bridgehead atoms. The third-order valence-corrected chi connectivity index (χ3v) is 4.77. The monoisotopic (exact) mass is 359 g/mol. The molecular weight excluding hydrogens is 346 g/mol. The lowest BCUT2D eigenvalue weighted by atomic mass is 10.1. The zero-order valence-electron chi connectivity index (χ0n) is 12.8. The maximum absolute atomic E-state index is 11.2. The molecule has 1 heterocycles. The molecule has 0 atom stereocenters. The second-order valence-electron chi connectivity index (χ2n) is 5.07. The summed E-state index contributed by atoms with van der Waals surface area (Å²) in [5, 5.41) is 10.5. The van der Waals surface area contributed by atoms with Crippen LogP contribution in [0.4, 0.5) is 0 Å². The van der Waals surface area contributed by atoms with E-state index in [0.717, 1.165) is 11.1 Å². The Balaban J connectivity index is 2.14. The summed E-state index contributed by atoms with van der Waals surface area (Å²) in [7, 11) is 1.57. The third kappa shape index (κ3) is 3.42. The van der Waals surface area contributed by atoms with E-state index in [9.17, 15) is 9.90 Å². The highest BCUT2D eigenvalue weighted by molar-refractivity contribution is 7.15. The van der Waals surface area contributed by atoms with Crippen LogP contribution in [-0.4, -0.2) is 23.2 Å². The number of benzene rings is 2. The van der Waals surface area contributed by atoms with Crippen LogP contribution in [-0.2, 0) is 11.2 Å². The standard InChI is InChI=1S/C18H14ClNO3S/c1-23-14-9-12(19)7-8-13(14)18-20-17(11-5-3-2-4-6-11)15(24-18)10-16(21)22/h2-9H,10H2,1H3,(H,21,22). The Hall–Kier alpha value is -2.37. The van der Waals surface area contributed by atoms with Crippen molar-refractivity contribution < 1.29 is 14.6 Å². The van der Waals surface area contributed by atoms with E-state index in [-0.39, 0.29) is 6.42 Å². The summed E-state index contributed by atoms with van der Waals surface area (Å²) in [5.41, 5.74) is 2.37. The Morgan fingerprint density at radius 1 is 1.25 bits per heavy atom. The molecule has 0 aliphatic heterocycles. The molecule has 3 rings (SSSR count). The Morgan fingerprint density at radius 3 is 2.67 bits per heavy atom. The summed E-state index contributed by atoms with van der Waals surface area (Å²) in [6, 6.07) is 14.9. The van der Waals surface area contributed by atoms with Gasteiger partial charge in [-0.2, -0.15) is 0 Å². The number of hydrogen-bond acceptors (Lipinski definition) is 4. The van der Waals surface area contributed by atoms with Crippen molar-refractivity contribution in [2.75, 3.05) is 7.11 Å². The van der Waals surface area contributed by atoms with Gasteiger partial charge in [0.05, 0.1) is 24.8 Å². The number of carboxylic acids is 1. The molecule has 4 nitrogen and oxygen atoms in total. The first-order valence-electron chi connectivity index (χ1n) is 7.19. The molecule has 0 saturated carbocycles. The van der Waals surface area contributed by atoms with Crippen molar-refractivity contribution in [2.45, 2.75) is 6.42 Å². The normalized spacial score (nSPS) is 10.6. The van der Waals surface area contributed by atoms with Crippen molar-refractivity contribution in [2.24, 2.45) is 0 Å². The predicted molar refractivity (Wildman–Crippen MR) is 95.9 cm³/mol. The van der Waals surface area contributed by atoms with Crippen LogP contribution in [0.2, 0.25) is 5.02 Å². The van der Waals surface area contributed by atoms with Gasteiger partial charge in [-0.15, -0.1) is 11.3 Å². The number of nitrogens with zero attached hydrogens (tertiary/aromatic N) is 1. The molecule has 0 fully saturated rings. The molecule has 1 aromatic heterocycles. The van der Waals surface area contributed by atoms with Crippen LogP contribution in [0.1, 0.15) is 4.88 Å². The van der Waals surface area contributed by atoms with E-state index in [1.54, 1.807) is 19.2 Å². The van der Waals surface area contributed by atoms with Crippen molar-refractivity contribution in [3.8, 4) is 27.6 Å². The molecule has 0 spiro atoms. The summed E-state index contributed by atoms with van der Waals surface area (Å²) < 4.78 is 5.38. The highest BCUT2D eigenvalue weighted by Crippen LogP contribution is 2.39. The maximum Gasteiger partial charge on any atom is 0.308 e. The number of carboxylic acid groups (broad SMARTS) is 1. The number of rotatable bonds is 5. The number of thiazole rings is 1. The number of methoxy groups -OCH3 is 1. The van der Waals surface area contributed by atoms with Crippen LogP contribution < -0.4 is 4.74 Å². The number of halogens is 1. The zero-order chi connectivity index (χ0) is 17.1. The minimum Gasteiger partial charge on any atom is -0.496 e. The SMILES string of the molecule is COc1cc(Cl)ccc1-c1nc(-c2ccccc2)c(CC(=O)O)s1. The van der Waals surface area contributed by atoms with E-state index in [4.69, 9.17) is 16.3 Å². The molecule has 0 radical (unpaired) electrons. The van der Waals surface area contributed by atoms with E-state index in [2.05, 4.69) is 4.98 Å². The molecule has 0 aliphatic carbocycles. The van der Waals surface area contributed by atoms with Crippen LogP contribution in [0.5, 0.6) is 5.75 Å². The summed E-state index contributed by atoms with van der Waals surface area (Å²) in [6.07, 6.45) is -0.0716. The molecule has 1 N–H and O–H groups in total.